The van der Waals surface area contributed by atoms with Crippen LogP contribution in [-0.2, 0) is 9.47 Å². The van der Waals surface area contributed by atoms with Crippen molar-refractivity contribution in [1.82, 2.24) is 14.7 Å². The SMILES string of the molecule is CC(C)(C)OC(=O)N1CCC(N2CCN(CCOCCN)CC2)CC1. The molecule has 0 aromatic carbocycles. The summed E-state index contributed by atoms with van der Waals surface area (Å²) in [6.07, 6.45) is 1.91. The molecule has 0 aromatic rings. The molecule has 0 aromatic heterocycles. The third kappa shape index (κ3) is 7.09. The third-order valence-electron chi connectivity index (χ3n) is 4.85. The molecule has 7 heteroatoms. The fraction of sp³-hybridized carbons (Fsp3) is 0.944. The average Bonchev–Trinajstić information content (AvgIpc) is 2.58. The molecule has 0 aliphatic carbocycles. The summed E-state index contributed by atoms with van der Waals surface area (Å²) in [4.78, 5) is 19.1. The molecule has 25 heavy (non-hydrogen) atoms. The molecule has 7 nitrogen and oxygen atoms in total. The number of carbonyl (C=O) groups excluding carboxylic acids is 1. The predicted molar refractivity (Wildman–Crippen MR) is 98.7 cm³/mol. The number of piperidine rings is 1. The molecular formula is C18H36N4O3. The van der Waals surface area contributed by atoms with E-state index in [1.165, 1.54) is 0 Å². The van der Waals surface area contributed by atoms with Crippen molar-refractivity contribution in [1.29, 1.82) is 0 Å². The van der Waals surface area contributed by atoms with Crippen molar-refractivity contribution in [2.24, 2.45) is 5.73 Å². The monoisotopic (exact) mass is 356 g/mol. The Bertz CT molecular complexity index is 398. The number of hydrogen-bond donors (Lipinski definition) is 1. The average molecular weight is 357 g/mol. The van der Waals surface area contributed by atoms with E-state index < -0.39 is 5.60 Å². The van der Waals surface area contributed by atoms with Crippen LogP contribution in [0.4, 0.5) is 4.79 Å². The summed E-state index contributed by atoms with van der Waals surface area (Å²) >= 11 is 0. The molecule has 146 valence electrons. The molecule has 2 fully saturated rings. The first-order chi connectivity index (χ1) is 11.9. The Labute approximate surface area is 152 Å². The van der Waals surface area contributed by atoms with Crippen LogP contribution in [-0.4, -0.2) is 98.0 Å². The Morgan fingerprint density at radius 3 is 2.24 bits per heavy atom. The lowest BCUT2D eigenvalue weighted by Crippen LogP contribution is -2.54. The van der Waals surface area contributed by atoms with Crippen LogP contribution in [0, 0.1) is 0 Å². The largest absolute Gasteiger partial charge is 0.444 e. The van der Waals surface area contributed by atoms with Gasteiger partial charge >= 0.3 is 6.09 Å². The quantitative estimate of drug-likeness (QED) is 0.716. The number of hydrogen-bond acceptors (Lipinski definition) is 6. The van der Waals surface area contributed by atoms with Crippen LogP contribution < -0.4 is 5.73 Å². The summed E-state index contributed by atoms with van der Waals surface area (Å²) in [5, 5.41) is 0. The lowest BCUT2D eigenvalue weighted by atomic mass is 10.0. The molecule has 0 saturated carbocycles. The molecule has 2 aliphatic heterocycles. The van der Waals surface area contributed by atoms with Gasteiger partial charge < -0.3 is 20.1 Å². The second-order valence-electron chi connectivity index (χ2n) is 7.98. The Kier molecular flexibility index (Phi) is 7.93. The minimum absolute atomic E-state index is 0.173. The van der Waals surface area contributed by atoms with E-state index in [1.807, 2.05) is 25.7 Å². The van der Waals surface area contributed by atoms with E-state index in [0.717, 1.165) is 65.3 Å². The topological polar surface area (TPSA) is 71.3 Å². The highest BCUT2D eigenvalue weighted by Gasteiger charge is 2.30. The number of nitrogens with two attached hydrogens (primary N) is 1. The first-order valence-corrected chi connectivity index (χ1v) is 9.61. The van der Waals surface area contributed by atoms with Gasteiger partial charge in [0.2, 0.25) is 0 Å². The lowest BCUT2D eigenvalue weighted by Gasteiger charge is -2.42. The molecule has 0 radical (unpaired) electrons. The van der Waals surface area contributed by atoms with Crippen LogP contribution in [0.3, 0.4) is 0 Å². The summed E-state index contributed by atoms with van der Waals surface area (Å²) in [5.41, 5.74) is 5.01. The second-order valence-corrected chi connectivity index (χ2v) is 7.98. The van der Waals surface area contributed by atoms with E-state index in [1.54, 1.807) is 0 Å². The van der Waals surface area contributed by atoms with Gasteiger partial charge in [-0.25, -0.2) is 4.79 Å². The van der Waals surface area contributed by atoms with Crippen molar-refractivity contribution < 1.29 is 14.3 Å². The zero-order valence-corrected chi connectivity index (χ0v) is 16.2. The van der Waals surface area contributed by atoms with Crippen LogP contribution in [0.25, 0.3) is 0 Å². The van der Waals surface area contributed by atoms with Gasteiger partial charge in [-0.2, -0.15) is 0 Å². The second kappa shape index (κ2) is 9.71. The fourth-order valence-electron chi connectivity index (χ4n) is 3.47. The highest BCUT2D eigenvalue weighted by molar-refractivity contribution is 5.68. The molecule has 2 rings (SSSR count). The van der Waals surface area contributed by atoms with Crippen molar-refractivity contribution in [3.63, 3.8) is 0 Å². The summed E-state index contributed by atoms with van der Waals surface area (Å²) in [6.45, 7) is 14.7. The third-order valence-corrected chi connectivity index (χ3v) is 4.85. The zero-order chi connectivity index (χ0) is 18.3. The van der Waals surface area contributed by atoms with E-state index in [4.69, 9.17) is 15.2 Å². The minimum Gasteiger partial charge on any atom is -0.444 e. The summed E-state index contributed by atoms with van der Waals surface area (Å²) in [6, 6.07) is 0.592. The molecule has 2 N–H and O–H groups in total. The summed E-state index contributed by atoms with van der Waals surface area (Å²) < 4.78 is 10.9. The lowest BCUT2D eigenvalue weighted by molar-refractivity contribution is 0.00853. The van der Waals surface area contributed by atoms with Crippen molar-refractivity contribution >= 4 is 6.09 Å². The molecular weight excluding hydrogens is 320 g/mol. The Hall–Kier alpha value is -0.890. The zero-order valence-electron chi connectivity index (χ0n) is 16.2. The van der Waals surface area contributed by atoms with Gasteiger partial charge in [-0.3, -0.25) is 9.80 Å². The smallest absolute Gasteiger partial charge is 0.410 e. The standard InChI is InChI=1S/C18H36N4O3/c1-18(2,3)25-17(23)22-7-4-16(5-8-22)21-11-9-20(10-12-21)13-15-24-14-6-19/h16H,4-15,19H2,1-3H3. The summed E-state index contributed by atoms with van der Waals surface area (Å²) in [5.74, 6) is 0. The van der Waals surface area contributed by atoms with Gasteiger partial charge in [0.25, 0.3) is 0 Å². The van der Waals surface area contributed by atoms with Gasteiger partial charge in [-0.1, -0.05) is 0 Å². The van der Waals surface area contributed by atoms with E-state index in [0.29, 0.717) is 19.2 Å². The number of likely N-dealkylation sites (tertiary alicyclic amines) is 1. The van der Waals surface area contributed by atoms with E-state index in [2.05, 4.69) is 9.80 Å². The van der Waals surface area contributed by atoms with Crippen molar-refractivity contribution in [2.45, 2.75) is 45.3 Å². The van der Waals surface area contributed by atoms with Gasteiger partial charge in [-0.05, 0) is 33.6 Å². The maximum Gasteiger partial charge on any atom is 0.410 e. The van der Waals surface area contributed by atoms with Crippen LogP contribution in [0.15, 0.2) is 0 Å². The highest BCUT2D eigenvalue weighted by Crippen LogP contribution is 2.20. The molecule has 2 heterocycles. The number of nitrogens with zero attached hydrogens (tertiary/aromatic N) is 3. The highest BCUT2D eigenvalue weighted by atomic mass is 16.6. The first kappa shape index (κ1) is 20.4. The van der Waals surface area contributed by atoms with Crippen LogP contribution in [0.1, 0.15) is 33.6 Å². The van der Waals surface area contributed by atoms with Gasteiger partial charge in [0.1, 0.15) is 5.60 Å². The van der Waals surface area contributed by atoms with Gasteiger partial charge in [0.15, 0.2) is 0 Å². The number of rotatable bonds is 6. The number of amides is 1. The van der Waals surface area contributed by atoms with Crippen LogP contribution >= 0.6 is 0 Å². The fourth-order valence-corrected chi connectivity index (χ4v) is 3.47. The maximum atomic E-state index is 12.2. The number of ether oxygens (including phenoxy) is 2. The molecule has 2 saturated heterocycles. The van der Waals surface area contributed by atoms with E-state index >= 15 is 0 Å². The van der Waals surface area contributed by atoms with Gasteiger partial charge in [0.05, 0.1) is 13.2 Å². The van der Waals surface area contributed by atoms with E-state index in [-0.39, 0.29) is 6.09 Å². The Balaban J connectivity index is 1.64. The minimum atomic E-state index is -0.419. The number of piperazine rings is 1. The number of carbonyl (C=O) groups is 1. The molecule has 0 unspecified atom stereocenters. The predicted octanol–water partition coefficient (Wildman–Crippen LogP) is 0.979. The molecule has 0 bridgehead atoms. The van der Waals surface area contributed by atoms with Gasteiger partial charge in [-0.15, -0.1) is 0 Å². The van der Waals surface area contributed by atoms with Crippen molar-refractivity contribution in [3.05, 3.63) is 0 Å². The maximum absolute atomic E-state index is 12.2. The van der Waals surface area contributed by atoms with Crippen molar-refractivity contribution in [2.75, 3.05) is 65.6 Å². The van der Waals surface area contributed by atoms with Crippen LogP contribution in [0.2, 0.25) is 0 Å². The van der Waals surface area contributed by atoms with E-state index in [9.17, 15) is 4.79 Å². The summed E-state index contributed by atoms with van der Waals surface area (Å²) in [7, 11) is 0. The normalized spacial score (nSPS) is 21.5. The first-order valence-electron chi connectivity index (χ1n) is 9.61. The molecule has 0 spiro atoms. The molecule has 1 amide bonds. The molecule has 2 aliphatic rings. The molecule has 0 atom stereocenters. The van der Waals surface area contributed by atoms with Crippen molar-refractivity contribution in [3.8, 4) is 0 Å². The van der Waals surface area contributed by atoms with Gasteiger partial charge in [0, 0.05) is 58.4 Å². The van der Waals surface area contributed by atoms with Crippen LogP contribution in [0.5, 0.6) is 0 Å². The Morgan fingerprint density at radius 1 is 1.04 bits per heavy atom. The Morgan fingerprint density at radius 2 is 1.68 bits per heavy atom.